The highest BCUT2D eigenvalue weighted by Gasteiger charge is 2.31. The molecular weight excluding hydrogens is 444 g/mol. The molecule has 164 valence electrons. The number of carbonyl (C=O) groups excluding carboxylic acids is 1. The van der Waals surface area contributed by atoms with Crippen molar-refractivity contribution in [2.75, 3.05) is 20.8 Å². The summed E-state index contributed by atoms with van der Waals surface area (Å²) in [4.78, 5) is 20.7. The van der Waals surface area contributed by atoms with E-state index in [0.29, 0.717) is 28.1 Å². The molecule has 1 amide bonds. The van der Waals surface area contributed by atoms with Gasteiger partial charge in [-0.15, -0.1) is 11.3 Å². The molecule has 0 unspecified atom stereocenters. The minimum atomic E-state index is -0.0798. The quantitative estimate of drug-likeness (QED) is 0.338. The Bertz CT molecular complexity index is 1380. The van der Waals surface area contributed by atoms with Gasteiger partial charge in [0.05, 0.1) is 30.7 Å². The Balaban J connectivity index is 1.55. The Hall–Kier alpha value is -2.83. The van der Waals surface area contributed by atoms with Gasteiger partial charge in [0.2, 0.25) is 0 Å². The fourth-order valence-corrected chi connectivity index (χ4v) is 5.94. The number of aromatic nitrogens is 1. The molecule has 0 bridgehead atoms. The van der Waals surface area contributed by atoms with Crippen LogP contribution in [0.15, 0.2) is 36.4 Å². The van der Waals surface area contributed by atoms with Crippen LogP contribution in [0.3, 0.4) is 0 Å². The van der Waals surface area contributed by atoms with Crippen molar-refractivity contribution in [2.24, 2.45) is 0 Å². The van der Waals surface area contributed by atoms with Gasteiger partial charge in [-0.2, -0.15) is 0 Å². The number of aryl methyl sites for hydroxylation is 1. The van der Waals surface area contributed by atoms with Crippen molar-refractivity contribution < 1.29 is 14.3 Å². The summed E-state index contributed by atoms with van der Waals surface area (Å²) < 4.78 is 11.9. The first-order chi connectivity index (χ1) is 15.4. The van der Waals surface area contributed by atoms with Gasteiger partial charge in [0.25, 0.3) is 5.91 Å². The fourth-order valence-electron chi connectivity index (χ4n) is 4.51. The monoisotopic (exact) mass is 466 g/mol. The van der Waals surface area contributed by atoms with Crippen molar-refractivity contribution >= 4 is 49.8 Å². The molecule has 32 heavy (non-hydrogen) atoms. The van der Waals surface area contributed by atoms with E-state index in [9.17, 15) is 4.79 Å². The molecule has 4 aromatic rings. The van der Waals surface area contributed by atoms with Crippen molar-refractivity contribution in [2.45, 2.75) is 26.3 Å². The van der Waals surface area contributed by atoms with Crippen LogP contribution in [0.2, 0.25) is 5.15 Å². The highest BCUT2D eigenvalue weighted by atomic mass is 35.5. The van der Waals surface area contributed by atoms with Gasteiger partial charge in [-0.3, -0.25) is 4.79 Å². The fraction of sp³-hybridized carbons (Fsp3) is 0.280. The minimum Gasteiger partial charge on any atom is -0.493 e. The number of rotatable bonds is 3. The molecular formula is C25H23ClN2O3S. The number of nitrogens with zero attached hydrogens (tertiary/aromatic N) is 2. The topological polar surface area (TPSA) is 51.7 Å². The van der Waals surface area contributed by atoms with E-state index in [1.165, 1.54) is 16.9 Å². The van der Waals surface area contributed by atoms with Crippen molar-refractivity contribution in [1.82, 2.24) is 9.88 Å². The predicted molar refractivity (Wildman–Crippen MR) is 130 cm³/mol. The number of amides is 1. The summed E-state index contributed by atoms with van der Waals surface area (Å²) in [6.45, 7) is 4.75. The molecule has 7 heteroatoms. The Morgan fingerprint density at radius 2 is 1.88 bits per heavy atom. The van der Waals surface area contributed by atoms with Crippen molar-refractivity contribution in [1.29, 1.82) is 0 Å². The van der Waals surface area contributed by atoms with E-state index in [1.54, 1.807) is 14.2 Å². The van der Waals surface area contributed by atoms with Gasteiger partial charge >= 0.3 is 0 Å². The van der Waals surface area contributed by atoms with E-state index in [0.717, 1.165) is 38.5 Å². The second-order valence-corrected chi connectivity index (χ2v) is 9.52. The van der Waals surface area contributed by atoms with E-state index in [1.807, 2.05) is 35.2 Å². The van der Waals surface area contributed by atoms with Crippen LogP contribution in [-0.4, -0.2) is 36.6 Å². The predicted octanol–water partition coefficient (Wildman–Crippen LogP) is 6.19. The van der Waals surface area contributed by atoms with Crippen LogP contribution in [0.1, 0.15) is 39.3 Å². The molecule has 0 spiro atoms. The lowest BCUT2D eigenvalue weighted by molar-refractivity contribution is 0.0682. The van der Waals surface area contributed by atoms with E-state index in [-0.39, 0.29) is 11.9 Å². The second kappa shape index (κ2) is 7.94. The van der Waals surface area contributed by atoms with Crippen molar-refractivity contribution in [3.8, 4) is 11.5 Å². The number of carbonyl (C=O) groups is 1. The summed E-state index contributed by atoms with van der Waals surface area (Å²) in [5.74, 6) is 1.40. The maximum absolute atomic E-state index is 13.6. The third-order valence-electron chi connectivity index (χ3n) is 6.23. The van der Waals surface area contributed by atoms with Gasteiger partial charge in [-0.25, -0.2) is 4.98 Å². The molecule has 0 saturated carbocycles. The summed E-state index contributed by atoms with van der Waals surface area (Å²) in [6, 6.07) is 11.9. The van der Waals surface area contributed by atoms with Gasteiger partial charge < -0.3 is 14.4 Å². The zero-order valence-electron chi connectivity index (χ0n) is 18.4. The molecule has 0 saturated heterocycles. The van der Waals surface area contributed by atoms with Gasteiger partial charge in [0.1, 0.15) is 5.15 Å². The number of halogens is 1. The van der Waals surface area contributed by atoms with Crippen molar-refractivity contribution in [3.05, 3.63) is 63.1 Å². The van der Waals surface area contributed by atoms with Crippen LogP contribution in [0, 0.1) is 6.92 Å². The van der Waals surface area contributed by atoms with Gasteiger partial charge in [-0.1, -0.05) is 23.2 Å². The summed E-state index contributed by atoms with van der Waals surface area (Å²) in [5, 5.41) is 2.29. The molecule has 0 fully saturated rings. The Morgan fingerprint density at radius 3 is 2.62 bits per heavy atom. The summed E-state index contributed by atoms with van der Waals surface area (Å²) in [6.07, 6.45) is 0.765. The van der Waals surface area contributed by atoms with E-state index in [4.69, 9.17) is 21.1 Å². The lowest BCUT2D eigenvalue weighted by atomic mass is 9.92. The molecule has 0 radical (unpaired) electrons. The molecule has 5 nitrogen and oxygen atoms in total. The molecule has 1 atom stereocenters. The first-order valence-electron chi connectivity index (χ1n) is 10.5. The number of pyridine rings is 1. The van der Waals surface area contributed by atoms with Crippen LogP contribution < -0.4 is 9.47 Å². The molecule has 1 aliphatic heterocycles. The third-order valence-corrected chi connectivity index (χ3v) is 7.67. The second-order valence-electron chi connectivity index (χ2n) is 8.11. The average Bonchev–Trinajstić information content (AvgIpc) is 3.25. The standard InChI is InChI=1S/C25H23ClN2O3S/c1-13-5-6-19-17(9-13)23-18(24(26)27-19)12-22(32-23)25(29)28-8-7-15-10-20(30-3)21(31-4)11-16(15)14(28)2/h5-6,9-12,14H,7-8H2,1-4H3/t14-/m0/s1. The first-order valence-corrected chi connectivity index (χ1v) is 11.7. The number of methoxy groups -OCH3 is 2. The molecule has 0 N–H and O–H groups in total. The van der Waals surface area contributed by atoms with Crippen LogP contribution in [0.25, 0.3) is 21.0 Å². The minimum absolute atomic E-state index is 0.0102. The number of thiophene rings is 1. The average molecular weight is 467 g/mol. The smallest absolute Gasteiger partial charge is 0.264 e. The largest absolute Gasteiger partial charge is 0.493 e. The summed E-state index contributed by atoms with van der Waals surface area (Å²) in [7, 11) is 3.26. The molecule has 5 rings (SSSR count). The normalized spacial score (nSPS) is 15.8. The van der Waals surface area contributed by atoms with Crippen LogP contribution >= 0.6 is 22.9 Å². The lowest BCUT2D eigenvalue weighted by Gasteiger charge is -2.35. The maximum Gasteiger partial charge on any atom is 0.264 e. The van der Waals surface area contributed by atoms with E-state index in [2.05, 4.69) is 24.9 Å². The summed E-state index contributed by atoms with van der Waals surface area (Å²) in [5.41, 5.74) is 4.26. The summed E-state index contributed by atoms with van der Waals surface area (Å²) >= 11 is 7.97. The molecule has 0 aliphatic carbocycles. The lowest BCUT2D eigenvalue weighted by Crippen LogP contribution is -2.38. The molecule has 1 aliphatic rings. The Kier molecular flexibility index (Phi) is 5.22. The number of fused-ring (bicyclic) bond motifs is 4. The Labute approximate surface area is 195 Å². The van der Waals surface area contributed by atoms with Gasteiger partial charge in [-0.05, 0) is 61.7 Å². The van der Waals surface area contributed by atoms with Crippen LogP contribution in [0.5, 0.6) is 11.5 Å². The van der Waals surface area contributed by atoms with Gasteiger partial charge in [0, 0.05) is 22.0 Å². The van der Waals surface area contributed by atoms with Crippen LogP contribution in [0.4, 0.5) is 0 Å². The number of hydrogen-bond acceptors (Lipinski definition) is 5. The maximum atomic E-state index is 13.6. The Morgan fingerprint density at radius 1 is 1.12 bits per heavy atom. The van der Waals surface area contributed by atoms with E-state index >= 15 is 0 Å². The molecule has 2 aromatic heterocycles. The van der Waals surface area contributed by atoms with Crippen LogP contribution in [-0.2, 0) is 6.42 Å². The van der Waals surface area contributed by atoms with Gasteiger partial charge in [0.15, 0.2) is 11.5 Å². The highest BCUT2D eigenvalue weighted by molar-refractivity contribution is 7.21. The third kappa shape index (κ3) is 3.29. The number of benzene rings is 2. The van der Waals surface area contributed by atoms with E-state index < -0.39 is 0 Å². The molecule has 2 aromatic carbocycles. The molecule has 3 heterocycles. The number of hydrogen-bond donors (Lipinski definition) is 0. The number of ether oxygens (including phenoxy) is 2. The zero-order chi connectivity index (χ0) is 22.6. The zero-order valence-corrected chi connectivity index (χ0v) is 19.9. The SMILES string of the molecule is COc1cc2c(cc1OC)[C@H](C)N(C(=O)c1cc3c(Cl)nc4ccc(C)cc4c3s1)CC2. The van der Waals surface area contributed by atoms with Crippen molar-refractivity contribution in [3.63, 3.8) is 0 Å². The highest BCUT2D eigenvalue weighted by Crippen LogP contribution is 2.40. The first kappa shape index (κ1) is 21.0.